The predicted molar refractivity (Wildman–Crippen MR) is 110 cm³/mol. The van der Waals surface area contributed by atoms with Gasteiger partial charge >= 0.3 is 0 Å². The van der Waals surface area contributed by atoms with E-state index in [1.165, 1.54) is 0 Å². The molecule has 3 fully saturated rings. The summed E-state index contributed by atoms with van der Waals surface area (Å²) in [6, 6.07) is 10.4. The van der Waals surface area contributed by atoms with Crippen molar-refractivity contribution in [1.82, 2.24) is 4.90 Å². The van der Waals surface area contributed by atoms with Gasteiger partial charge in [0.15, 0.2) is 8.32 Å². The van der Waals surface area contributed by atoms with Crippen LogP contribution in [0.5, 0.6) is 0 Å². The van der Waals surface area contributed by atoms with Crippen LogP contribution in [0.4, 0.5) is 0 Å². The highest BCUT2D eigenvalue weighted by molar-refractivity contribution is 6.74. The lowest BCUT2D eigenvalue weighted by Crippen LogP contribution is -2.63. The van der Waals surface area contributed by atoms with E-state index in [9.17, 15) is 5.11 Å². The van der Waals surface area contributed by atoms with Gasteiger partial charge in [0.05, 0.1) is 0 Å². The molecule has 4 heteroatoms. The molecule has 3 heterocycles. The van der Waals surface area contributed by atoms with Crippen LogP contribution in [0.25, 0.3) is 0 Å². The summed E-state index contributed by atoms with van der Waals surface area (Å²) < 4.78 is 6.46. The largest absolute Gasteiger partial charge is 0.415 e. The highest BCUT2D eigenvalue weighted by Gasteiger charge is 2.49. The molecule has 1 aromatic carbocycles. The van der Waals surface area contributed by atoms with Crippen LogP contribution in [0.3, 0.4) is 0 Å². The van der Waals surface area contributed by atoms with E-state index >= 15 is 0 Å². The van der Waals surface area contributed by atoms with Crippen LogP contribution in [0.2, 0.25) is 18.1 Å². The molecule has 0 amide bonds. The van der Waals surface area contributed by atoms with Gasteiger partial charge in [0.2, 0.25) is 0 Å². The minimum Gasteiger partial charge on any atom is -0.415 e. The van der Waals surface area contributed by atoms with Crippen molar-refractivity contribution in [2.24, 2.45) is 5.92 Å². The van der Waals surface area contributed by atoms with E-state index in [4.69, 9.17) is 4.43 Å². The van der Waals surface area contributed by atoms with Gasteiger partial charge in [-0.05, 0) is 49.7 Å². The molecule has 3 aliphatic rings. The molecule has 0 aliphatic carbocycles. The zero-order valence-electron chi connectivity index (χ0n) is 16.9. The summed E-state index contributed by atoms with van der Waals surface area (Å²) in [7, 11) is -1.73. The average molecular weight is 372 g/mol. The van der Waals surface area contributed by atoms with Gasteiger partial charge in [-0.2, -0.15) is 0 Å². The van der Waals surface area contributed by atoms with E-state index in [0.29, 0.717) is 12.6 Å². The minimum absolute atomic E-state index is 0.234. The standard InChI is InChI=1S/C22H33NO2Si/c1-21(2,3)26(4,5)25-16-20-15-19-12-14-23(20)17-22(19,24)13-11-18-9-7-6-8-10-18/h6-10,19-20,24H,12,14-17H2,1-5H3/t19-,20-,22-/m0/s1. The monoisotopic (exact) mass is 371 g/mol. The molecule has 1 aromatic rings. The Kier molecular flexibility index (Phi) is 5.38. The van der Waals surface area contributed by atoms with Crippen molar-refractivity contribution in [3.63, 3.8) is 0 Å². The molecule has 0 spiro atoms. The lowest BCUT2D eigenvalue weighted by atomic mass is 9.73. The van der Waals surface area contributed by atoms with Gasteiger partial charge in [-0.3, -0.25) is 4.90 Å². The first kappa shape index (κ1) is 19.6. The Bertz CT molecular complexity index is 686. The molecule has 26 heavy (non-hydrogen) atoms. The van der Waals surface area contributed by atoms with Crippen LogP contribution < -0.4 is 0 Å². The number of hydrogen-bond donors (Lipinski definition) is 1. The number of fused-ring (bicyclic) bond motifs is 3. The number of aliphatic hydroxyl groups is 1. The first-order valence-corrected chi connectivity index (χ1v) is 12.7. The van der Waals surface area contributed by atoms with Gasteiger partial charge in [0.1, 0.15) is 5.60 Å². The summed E-state index contributed by atoms with van der Waals surface area (Å²) in [5.74, 6) is 6.62. The van der Waals surface area contributed by atoms with E-state index in [0.717, 1.165) is 31.6 Å². The van der Waals surface area contributed by atoms with E-state index in [2.05, 4.69) is 50.6 Å². The third-order valence-corrected chi connectivity index (χ3v) is 11.1. The van der Waals surface area contributed by atoms with Crippen LogP contribution in [0.15, 0.2) is 30.3 Å². The van der Waals surface area contributed by atoms with E-state index in [-0.39, 0.29) is 11.0 Å². The lowest BCUT2D eigenvalue weighted by Gasteiger charge is -2.53. The third-order valence-electron chi connectivity index (χ3n) is 6.60. The lowest BCUT2D eigenvalue weighted by molar-refractivity contribution is -0.105. The molecule has 3 nitrogen and oxygen atoms in total. The Labute approximate surface area is 159 Å². The fourth-order valence-electron chi connectivity index (χ4n) is 3.72. The van der Waals surface area contributed by atoms with Gasteiger partial charge in [-0.25, -0.2) is 0 Å². The number of piperidine rings is 3. The zero-order valence-corrected chi connectivity index (χ0v) is 17.9. The van der Waals surface area contributed by atoms with Crippen LogP contribution in [0.1, 0.15) is 39.2 Å². The van der Waals surface area contributed by atoms with Gasteiger partial charge < -0.3 is 9.53 Å². The molecule has 3 aliphatic heterocycles. The fourth-order valence-corrected chi connectivity index (χ4v) is 4.76. The normalized spacial score (nSPS) is 31.4. The number of benzene rings is 1. The highest BCUT2D eigenvalue weighted by Crippen LogP contribution is 2.41. The summed E-state index contributed by atoms with van der Waals surface area (Å²) in [6.45, 7) is 13.9. The highest BCUT2D eigenvalue weighted by atomic mass is 28.4. The van der Waals surface area contributed by atoms with Crippen molar-refractivity contribution in [3.8, 4) is 11.8 Å². The summed E-state index contributed by atoms with van der Waals surface area (Å²) in [6.07, 6.45) is 2.01. The SMILES string of the molecule is CC(C)(C)[Si](C)(C)OC[C@@H]1C[C@@H]2CCN1C[C@@]2(O)C#Cc1ccccc1. The van der Waals surface area contributed by atoms with Gasteiger partial charge in [0, 0.05) is 30.7 Å². The summed E-state index contributed by atoms with van der Waals surface area (Å²) in [5, 5.41) is 11.4. The summed E-state index contributed by atoms with van der Waals surface area (Å²) >= 11 is 0. The summed E-state index contributed by atoms with van der Waals surface area (Å²) in [5.41, 5.74) is 0.0804. The Morgan fingerprint density at radius 1 is 1.27 bits per heavy atom. The second kappa shape index (κ2) is 7.13. The second-order valence-electron chi connectivity index (χ2n) is 9.46. The van der Waals surface area contributed by atoms with E-state index < -0.39 is 13.9 Å². The van der Waals surface area contributed by atoms with Crippen molar-refractivity contribution < 1.29 is 9.53 Å². The van der Waals surface area contributed by atoms with Crippen LogP contribution in [0, 0.1) is 17.8 Å². The third kappa shape index (κ3) is 4.07. The smallest absolute Gasteiger partial charge is 0.192 e. The maximum Gasteiger partial charge on any atom is 0.192 e. The quantitative estimate of drug-likeness (QED) is 0.646. The Morgan fingerprint density at radius 2 is 1.96 bits per heavy atom. The summed E-state index contributed by atoms with van der Waals surface area (Å²) in [4.78, 5) is 2.40. The van der Waals surface area contributed by atoms with Crippen molar-refractivity contribution >= 4 is 8.32 Å². The van der Waals surface area contributed by atoms with Crippen LogP contribution in [-0.2, 0) is 4.43 Å². The van der Waals surface area contributed by atoms with Gasteiger partial charge in [-0.15, -0.1) is 0 Å². The Morgan fingerprint density at radius 3 is 2.54 bits per heavy atom. The molecule has 0 aromatic heterocycles. The minimum atomic E-state index is -1.73. The Hall–Kier alpha value is -1.12. The van der Waals surface area contributed by atoms with Crippen molar-refractivity contribution in [2.75, 3.05) is 19.7 Å². The van der Waals surface area contributed by atoms with Crippen LogP contribution >= 0.6 is 0 Å². The molecular formula is C22H33NO2Si. The van der Waals surface area contributed by atoms with Crippen molar-refractivity contribution in [1.29, 1.82) is 0 Å². The molecule has 1 N–H and O–H groups in total. The van der Waals surface area contributed by atoms with Crippen LogP contribution in [-0.4, -0.2) is 49.7 Å². The first-order valence-electron chi connectivity index (χ1n) is 9.79. The zero-order chi connectivity index (χ0) is 19.0. The van der Waals surface area contributed by atoms with Crippen molar-refractivity contribution in [2.45, 2.75) is 63.4 Å². The molecule has 1 unspecified atom stereocenters. The maximum atomic E-state index is 11.2. The molecular weight excluding hydrogens is 338 g/mol. The molecule has 142 valence electrons. The number of hydrogen-bond acceptors (Lipinski definition) is 3. The topological polar surface area (TPSA) is 32.7 Å². The molecule has 0 saturated carbocycles. The van der Waals surface area contributed by atoms with Gasteiger partial charge in [0.25, 0.3) is 0 Å². The van der Waals surface area contributed by atoms with Gasteiger partial charge in [-0.1, -0.05) is 50.8 Å². The molecule has 4 atom stereocenters. The first-order chi connectivity index (χ1) is 12.1. The Balaban J connectivity index is 1.65. The van der Waals surface area contributed by atoms with E-state index in [1.54, 1.807) is 0 Å². The number of nitrogens with zero attached hydrogens (tertiary/aromatic N) is 1. The molecule has 0 radical (unpaired) electrons. The number of rotatable bonds is 3. The average Bonchev–Trinajstić information content (AvgIpc) is 2.59. The second-order valence-corrected chi connectivity index (χ2v) is 14.3. The van der Waals surface area contributed by atoms with E-state index in [1.807, 2.05) is 30.3 Å². The maximum absolute atomic E-state index is 11.2. The molecule has 4 rings (SSSR count). The predicted octanol–water partition coefficient (Wildman–Crippen LogP) is 3.89. The molecule has 3 saturated heterocycles. The van der Waals surface area contributed by atoms with Crippen molar-refractivity contribution in [3.05, 3.63) is 35.9 Å². The molecule has 2 bridgehead atoms. The fraction of sp³-hybridized carbons (Fsp3) is 0.636.